The first-order chi connectivity index (χ1) is 11.1. The van der Waals surface area contributed by atoms with Gasteiger partial charge in [-0.3, -0.25) is 4.57 Å². The summed E-state index contributed by atoms with van der Waals surface area (Å²) in [7, 11) is -3.50. The van der Waals surface area contributed by atoms with E-state index in [1.807, 2.05) is 0 Å². The summed E-state index contributed by atoms with van der Waals surface area (Å²) in [6.07, 6.45) is 1.39. The van der Waals surface area contributed by atoms with Crippen molar-refractivity contribution in [1.82, 2.24) is 4.98 Å². The Morgan fingerprint density at radius 2 is 1.96 bits per heavy atom. The van der Waals surface area contributed by atoms with Crippen molar-refractivity contribution in [3.8, 4) is 10.8 Å². The molecule has 23 heavy (non-hydrogen) atoms. The van der Waals surface area contributed by atoms with Crippen LogP contribution in [-0.2, 0) is 18.3 Å². The molecule has 0 aliphatic rings. The average Bonchev–Trinajstić information content (AvgIpc) is 3.17. The molecule has 0 bridgehead atoms. The minimum Gasteiger partial charge on any atom is -0.461 e. The Hall–Kier alpha value is -1.47. The van der Waals surface area contributed by atoms with Crippen LogP contribution in [0.1, 0.15) is 31.3 Å². The van der Waals surface area contributed by atoms with Crippen molar-refractivity contribution >= 4 is 30.2 Å². The summed E-state index contributed by atoms with van der Waals surface area (Å²) in [5, 5.41) is 2.27. The number of ether oxygens (including phenoxy) is 1. The number of rotatable bonds is 8. The van der Waals surface area contributed by atoms with Crippen molar-refractivity contribution < 1.29 is 27.6 Å². The highest BCUT2D eigenvalue weighted by atomic mass is 32.1. The number of aromatic nitrogens is 1. The van der Waals surface area contributed by atoms with Crippen LogP contribution in [0.4, 0.5) is 0 Å². The number of carbonyl (C=O) groups excluding carboxylic acids is 1. The van der Waals surface area contributed by atoms with Gasteiger partial charge in [0.1, 0.15) is 5.30 Å². The van der Waals surface area contributed by atoms with Crippen molar-refractivity contribution in [3.63, 3.8) is 0 Å². The first-order valence-electron chi connectivity index (χ1n) is 7.15. The van der Waals surface area contributed by atoms with E-state index >= 15 is 0 Å². The summed E-state index contributed by atoms with van der Waals surface area (Å²) in [6.45, 7) is 5.90. The first kappa shape index (κ1) is 17.9. The van der Waals surface area contributed by atoms with Gasteiger partial charge in [-0.1, -0.05) is 0 Å². The monoisotopic (exact) mass is 359 g/mol. The number of furan rings is 1. The van der Waals surface area contributed by atoms with Crippen LogP contribution in [0.3, 0.4) is 0 Å². The molecule has 2 heterocycles. The largest absolute Gasteiger partial charge is 0.461 e. The number of thiazole rings is 1. The van der Waals surface area contributed by atoms with Crippen LogP contribution in [0, 0.1) is 0 Å². The van der Waals surface area contributed by atoms with Crippen LogP contribution in [-0.4, -0.2) is 30.8 Å². The molecule has 2 rings (SSSR count). The number of nitrogens with zero attached hydrogens (tertiary/aromatic N) is 1. The van der Waals surface area contributed by atoms with E-state index in [2.05, 4.69) is 4.98 Å². The highest BCUT2D eigenvalue weighted by molar-refractivity contribution is 7.62. The number of carbonyl (C=O) groups is 1. The number of hydrogen-bond donors (Lipinski definition) is 0. The van der Waals surface area contributed by atoms with Crippen LogP contribution >= 0.6 is 18.9 Å². The number of esters is 1. The Balaban J connectivity index is 2.37. The molecule has 0 saturated carbocycles. The maximum Gasteiger partial charge on any atom is 0.365 e. The summed E-state index contributed by atoms with van der Waals surface area (Å²) in [4.78, 5) is 15.9. The van der Waals surface area contributed by atoms with E-state index in [9.17, 15) is 9.36 Å². The van der Waals surface area contributed by atoms with Crippen molar-refractivity contribution in [3.05, 3.63) is 23.4 Å². The summed E-state index contributed by atoms with van der Waals surface area (Å²) >= 11 is 1.19. The van der Waals surface area contributed by atoms with Gasteiger partial charge in [-0.25, -0.2) is 9.78 Å². The minimum absolute atomic E-state index is 0.178. The third kappa shape index (κ3) is 3.90. The lowest BCUT2D eigenvalue weighted by molar-refractivity contribution is 0.0520. The van der Waals surface area contributed by atoms with Crippen molar-refractivity contribution in [2.45, 2.75) is 20.8 Å². The standard InChI is InChI=1S/C14H18NO6PS/c1-4-18-14(16)10-9-23-13(15-10)12-11(7-8-19-12)22(17,20-5-2)21-6-3/h7-9H,4-6H2,1-3H3. The summed E-state index contributed by atoms with van der Waals surface area (Å²) in [6, 6.07) is 1.53. The van der Waals surface area contributed by atoms with E-state index in [-0.39, 0.29) is 31.3 Å². The van der Waals surface area contributed by atoms with Crippen LogP contribution in [0.2, 0.25) is 0 Å². The molecule has 0 fully saturated rings. The van der Waals surface area contributed by atoms with Crippen molar-refractivity contribution in [2.75, 3.05) is 19.8 Å². The molecular weight excluding hydrogens is 341 g/mol. The molecular formula is C14H18NO6PS. The fraction of sp³-hybridized carbons (Fsp3) is 0.429. The van der Waals surface area contributed by atoms with Gasteiger partial charge in [-0.05, 0) is 26.8 Å². The molecule has 0 aliphatic heterocycles. The van der Waals surface area contributed by atoms with Gasteiger partial charge >= 0.3 is 13.6 Å². The lowest BCUT2D eigenvalue weighted by atomic mass is 10.4. The van der Waals surface area contributed by atoms with Crippen molar-refractivity contribution in [1.29, 1.82) is 0 Å². The summed E-state index contributed by atoms with van der Waals surface area (Å²) in [5.74, 6) is -0.239. The van der Waals surface area contributed by atoms with Gasteiger partial charge in [-0.2, -0.15) is 0 Å². The zero-order valence-electron chi connectivity index (χ0n) is 13.1. The van der Waals surface area contributed by atoms with Gasteiger partial charge in [-0.15, -0.1) is 11.3 Å². The number of hydrogen-bond acceptors (Lipinski definition) is 8. The molecule has 2 aromatic heterocycles. The summed E-state index contributed by atoms with van der Waals surface area (Å²) < 4.78 is 33.9. The third-order valence-electron chi connectivity index (χ3n) is 2.72. The Morgan fingerprint density at radius 1 is 1.26 bits per heavy atom. The highest BCUT2D eigenvalue weighted by Crippen LogP contribution is 2.49. The molecule has 126 valence electrons. The average molecular weight is 359 g/mol. The second kappa shape index (κ2) is 7.88. The molecule has 0 amide bonds. The van der Waals surface area contributed by atoms with E-state index < -0.39 is 13.6 Å². The molecule has 0 saturated heterocycles. The maximum atomic E-state index is 12.9. The summed E-state index contributed by atoms with van der Waals surface area (Å²) in [5.41, 5.74) is 0.178. The van der Waals surface area contributed by atoms with E-state index in [1.54, 1.807) is 26.2 Å². The van der Waals surface area contributed by atoms with Crippen molar-refractivity contribution in [2.24, 2.45) is 0 Å². The molecule has 9 heteroatoms. The fourth-order valence-corrected chi connectivity index (χ4v) is 4.42. The Kier molecular flexibility index (Phi) is 6.12. The smallest absolute Gasteiger partial charge is 0.365 e. The Morgan fingerprint density at radius 3 is 2.57 bits per heavy atom. The first-order valence-corrected chi connectivity index (χ1v) is 9.58. The second-order valence-electron chi connectivity index (χ2n) is 4.23. The quantitative estimate of drug-likeness (QED) is 0.527. The van der Waals surface area contributed by atoms with E-state index in [0.29, 0.717) is 10.3 Å². The molecule has 0 atom stereocenters. The zero-order valence-corrected chi connectivity index (χ0v) is 14.8. The van der Waals surface area contributed by atoms with Crippen LogP contribution in [0.5, 0.6) is 0 Å². The predicted molar refractivity (Wildman–Crippen MR) is 86.3 cm³/mol. The lowest BCUT2D eigenvalue weighted by Crippen LogP contribution is -2.11. The molecule has 7 nitrogen and oxygen atoms in total. The Bertz CT molecular complexity index is 700. The van der Waals surface area contributed by atoms with Crippen LogP contribution < -0.4 is 5.30 Å². The van der Waals surface area contributed by atoms with Gasteiger partial charge in [0.25, 0.3) is 0 Å². The van der Waals surface area contributed by atoms with Crippen LogP contribution in [0.25, 0.3) is 10.8 Å². The van der Waals surface area contributed by atoms with Gasteiger partial charge < -0.3 is 18.2 Å². The predicted octanol–water partition coefficient (Wildman–Crippen LogP) is 3.47. The molecule has 0 aromatic carbocycles. The minimum atomic E-state index is -3.50. The maximum absolute atomic E-state index is 12.9. The molecule has 2 aromatic rings. The Labute approximate surface area is 138 Å². The lowest BCUT2D eigenvalue weighted by Gasteiger charge is -2.16. The second-order valence-corrected chi connectivity index (χ2v) is 7.08. The fourth-order valence-electron chi connectivity index (χ4n) is 1.87. The SMILES string of the molecule is CCOC(=O)c1csc(-c2occc2P(=O)(OCC)OCC)n1. The van der Waals surface area contributed by atoms with Gasteiger partial charge in [0.15, 0.2) is 16.5 Å². The third-order valence-corrected chi connectivity index (χ3v) is 5.70. The van der Waals surface area contributed by atoms with Gasteiger partial charge in [0.05, 0.1) is 26.1 Å². The molecule has 0 spiro atoms. The van der Waals surface area contributed by atoms with E-state index in [1.165, 1.54) is 23.7 Å². The normalized spacial score (nSPS) is 11.6. The topological polar surface area (TPSA) is 87.9 Å². The molecule has 0 aliphatic carbocycles. The molecule has 0 radical (unpaired) electrons. The van der Waals surface area contributed by atoms with Gasteiger partial charge in [0.2, 0.25) is 0 Å². The molecule has 0 unspecified atom stereocenters. The highest BCUT2D eigenvalue weighted by Gasteiger charge is 2.33. The van der Waals surface area contributed by atoms with Crippen LogP contribution in [0.15, 0.2) is 22.1 Å². The zero-order chi connectivity index (χ0) is 16.9. The molecule has 0 N–H and O–H groups in total. The van der Waals surface area contributed by atoms with E-state index in [4.69, 9.17) is 18.2 Å². The van der Waals surface area contributed by atoms with E-state index in [0.717, 1.165) is 0 Å². The van der Waals surface area contributed by atoms with Gasteiger partial charge in [0, 0.05) is 5.38 Å².